The molecule has 2 nitrogen and oxygen atoms in total. The highest BCUT2D eigenvalue weighted by Crippen LogP contribution is 2.72. The molecule has 0 aromatic carbocycles. The SMILES string of the molecule is C[C@H](CCCO)[C@H]1CC[C@@]2(C)C3=C(CC[C@]12C)[C@@]1(C)CC[C@H](O)C(C)(C)C1CC3. The molecule has 0 aliphatic heterocycles. The fourth-order valence-corrected chi connectivity index (χ4v) is 9.24. The third-order valence-corrected chi connectivity index (χ3v) is 11.3. The Bertz CT molecular complexity index is 678. The van der Waals surface area contributed by atoms with E-state index in [1.165, 1.54) is 51.4 Å². The van der Waals surface area contributed by atoms with E-state index in [9.17, 15) is 10.2 Å². The second kappa shape index (κ2) is 7.09. The van der Waals surface area contributed by atoms with Gasteiger partial charge in [0.05, 0.1) is 6.10 Å². The first-order chi connectivity index (χ1) is 13.5. The van der Waals surface area contributed by atoms with Crippen LogP contribution < -0.4 is 0 Å². The molecule has 2 fully saturated rings. The second-order valence-electron chi connectivity index (χ2n) is 12.6. The zero-order chi connectivity index (χ0) is 21.2. The van der Waals surface area contributed by atoms with Gasteiger partial charge < -0.3 is 10.2 Å². The Kier molecular flexibility index (Phi) is 5.35. The molecule has 0 aromatic heterocycles. The molecule has 0 heterocycles. The van der Waals surface area contributed by atoms with E-state index in [0.29, 0.717) is 34.7 Å². The van der Waals surface area contributed by atoms with Crippen LogP contribution in [0.2, 0.25) is 0 Å². The highest BCUT2D eigenvalue weighted by Gasteiger charge is 2.63. The molecule has 7 atom stereocenters. The van der Waals surface area contributed by atoms with Crippen molar-refractivity contribution in [3.8, 4) is 0 Å². The van der Waals surface area contributed by atoms with Crippen molar-refractivity contribution in [2.45, 2.75) is 112 Å². The zero-order valence-electron chi connectivity index (χ0n) is 20.0. The minimum atomic E-state index is -0.143. The van der Waals surface area contributed by atoms with E-state index in [4.69, 9.17) is 0 Å². The van der Waals surface area contributed by atoms with Gasteiger partial charge in [-0.05, 0) is 104 Å². The zero-order valence-corrected chi connectivity index (χ0v) is 20.0. The number of hydrogen-bond donors (Lipinski definition) is 2. The largest absolute Gasteiger partial charge is 0.396 e. The summed E-state index contributed by atoms with van der Waals surface area (Å²) < 4.78 is 0. The smallest absolute Gasteiger partial charge is 0.0594 e. The molecule has 4 aliphatic carbocycles. The molecular formula is C27H46O2. The number of aliphatic hydroxyl groups is 2. The van der Waals surface area contributed by atoms with Crippen molar-refractivity contribution in [3.63, 3.8) is 0 Å². The topological polar surface area (TPSA) is 40.5 Å². The molecule has 166 valence electrons. The van der Waals surface area contributed by atoms with E-state index < -0.39 is 0 Å². The minimum absolute atomic E-state index is 0.0319. The average Bonchev–Trinajstić information content (AvgIpc) is 2.95. The van der Waals surface area contributed by atoms with Gasteiger partial charge in [-0.1, -0.05) is 52.7 Å². The highest BCUT2D eigenvalue weighted by atomic mass is 16.3. The van der Waals surface area contributed by atoms with Crippen molar-refractivity contribution in [3.05, 3.63) is 11.1 Å². The first-order valence-corrected chi connectivity index (χ1v) is 12.5. The molecule has 0 radical (unpaired) electrons. The number of rotatable bonds is 4. The van der Waals surface area contributed by atoms with Crippen molar-refractivity contribution in [1.29, 1.82) is 0 Å². The fourth-order valence-electron chi connectivity index (χ4n) is 9.24. The third kappa shape index (κ3) is 2.87. The van der Waals surface area contributed by atoms with Crippen LogP contribution in [0.1, 0.15) is 106 Å². The molecule has 0 bridgehead atoms. The van der Waals surface area contributed by atoms with E-state index in [2.05, 4.69) is 41.5 Å². The third-order valence-electron chi connectivity index (χ3n) is 11.3. The molecule has 2 saturated carbocycles. The Morgan fingerprint density at radius 2 is 1.66 bits per heavy atom. The lowest BCUT2D eigenvalue weighted by atomic mass is 9.43. The first-order valence-electron chi connectivity index (χ1n) is 12.5. The molecule has 4 aliphatic rings. The second-order valence-corrected chi connectivity index (χ2v) is 12.6. The number of hydrogen-bond acceptors (Lipinski definition) is 2. The van der Waals surface area contributed by atoms with Gasteiger partial charge in [0.1, 0.15) is 0 Å². The summed E-state index contributed by atoms with van der Waals surface area (Å²) in [5, 5.41) is 20.1. The van der Waals surface area contributed by atoms with E-state index in [1.807, 2.05) is 11.1 Å². The first kappa shape index (κ1) is 21.9. The summed E-state index contributed by atoms with van der Waals surface area (Å²) in [6.45, 7) is 15.2. The van der Waals surface area contributed by atoms with Gasteiger partial charge in [-0.15, -0.1) is 0 Å². The van der Waals surface area contributed by atoms with Crippen molar-refractivity contribution >= 4 is 0 Å². The van der Waals surface area contributed by atoms with Crippen LogP contribution in [0.4, 0.5) is 0 Å². The Balaban J connectivity index is 1.70. The summed E-state index contributed by atoms with van der Waals surface area (Å²) in [6.07, 6.45) is 12.0. The molecule has 29 heavy (non-hydrogen) atoms. The molecule has 2 heteroatoms. The normalized spacial score (nSPS) is 47.4. The lowest BCUT2D eigenvalue weighted by molar-refractivity contribution is -0.0962. The Hall–Kier alpha value is -0.340. The summed E-state index contributed by atoms with van der Waals surface area (Å²) >= 11 is 0. The van der Waals surface area contributed by atoms with Crippen LogP contribution in [0, 0.1) is 39.4 Å². The van der Waals surface area contributed by atoms with Crippen LogP contribution in [0.25, 0.3) is 0 Å². The maximum atomic E-state index is 10.8. The summed E-state index contributed by atoms with van der Waals surface area (Å²) in [5.41, 5.74) is 4.75. The van der Waals surface area contributed by atoms with Gasteiger partial charge in [0.15, 0.2) is 0 Å². The van der Waals surface area contributed by atoms with Crippen molar-refractivity contribution in [2.24, 2.45) is 39.4 Å². The van der Waals surface area contributed by atoms with Crippen LogP contribution in [0.3, 0.4) is 0 Å². The highest BCUT2D eigenvalue weighted by molar-refractivity contribution is 5.38. The van der Waals surface area contributed by atoms with Gasteiger partial charge in [-0.25, -0.2) is 0 Å². The molecule has 0 spiro atoms. The molecule has 1 unspecified atom stereocenters. The Morgan fingerprint density at radius 1 is 0.931 bits per heavy atom. The Labute approximate surface area is 179 Å². The van der Waals surface area contributed by atoms with Gasteiger partial charge in [-0.2, -0.15) is 0 Å². The van der Waals surface area contributed by atoms with Crippen LogP contribution in [-0.2, 0) is 0 Å². The van der Waals surface area contributed by atoms with Gasteiger partial charge in [0, 0.05) is 6.61 Å². The predicted octanol–water partition coefficient (Wildman–Crippen LogP) is 6.51. The summed E-state index contributed by atoms with van der Waals surface area (Å²) in [7, 11) is 0. The molecule has 2 N–H and O–H groups in total. The van der Waals surface area contributed by atoms with Crippen LogP contribution in [0.5, 0.6) is 0 Å². The van der Waals surface area contributed by atoms with E-state index in [1.54, 1.807) is 0 Å². The standard InChI is InChI=1S/C27H46O2/c1-18(8-7-17-28)19-11-15-27(6)21-9-10-22-24(2,3)23(29)13-14-25(22,4)20(21)12-16-26(19,27)5/h18-19,22-23,28-29H,7-17H2,1-6H3/t18-,19-,22?,23+,25-,26-,27+/m1/s1. The van der Waals surface area contributed by atoms with Crippen molar-refractivity contribution < 1.29 is 10.2 Å². The van der Waals surface area contributed by atoms with Gasteiger partial charge >= 0.3 is 0 Å². The summed E-state index contributed by atoms with van der Waals surface area (Å²) in [6, 6.07) is 0. The average molecular weight is 403 g/mol. The molecule has 0 saturated heterocycles. The lowest BCUT2D eigenvalue weighted by Crippen LogP contribution is -2.55. The quantitative estimate of drug-likeness (QED) is 0.527. The number of fused-ring (bicyclic) bond motifs is 4. The summed E-state index contributed by atoms with van der Waals surface area (Å²) in [4.78, 5) is 0. The van der Waals surface area contributed by atoms with Gasteiger partial charge in [0.2, 0.25) is 0 Å². The monoisotopic (exact) mass is 402 g/mol. The Morgan fingerprint density at radius 3 is 2.34 bits per heavy atom. The van der Waals surface area contributed by atoms with Crippen molar-refractivity contribution in [1.82, 2.24) is 0 Å². The molecule has 0 amide bonds. The molecule has 4 rings (SSSR count). The minimum Gasteiger partial charge on any atom is -0.396 e. The molecular weight excluding hydrogens is 356 g/mol. The van der Waals surface area contributed by atoms with E-state index >= 15 is 0 Å². The maximum absolute atomic E-state index is 10.8. The maximum Gasteiger partial charge on any atom is 0.0594 e. The van der Waals surface area contributed by atoms with Crippen LogP contribution >= 0.6 is 0 Å². The number of aliphatic hydroxyl groups excluding tert-OH is 2. The van der Waals surface area contributed by atoms with Crippen molar-refractivity contribution in [2.75, 3.05) is 6.61 Å². The summed E-state index contributed by atoms with van der Waals surface area (Å²) in [5.74, 6) is 2.13. The number of allylic oxidation sites excluding steroid dienone is 2. The molecule has 0 aromatic rings. The van der Waals surface area contributed by atoms with E-state index in [-0.39, 0.29) is 11.5 Å². The van der Waals surface area contributed by atoms with Crippen LogP contribution in [0.15, 0.2) is 11.1 Å². The fraction of sp³-hybridized carbons (Fsp3) is 0.926. The lowest BCUT2D eigenvalue weighted by Gasteiger charge is -2.62. The van der Waals surface area contributed by atoms with Gasteiger partial charge in [-0.3, -0.25) is 0 Å². The van der Waals surface area contributed by atoms with Gasteiger partial charge in [0.25, 0.3) is 0 Å². The van der Waals surface area contributed by atoms with Crippen LogP contribution in [-0.4, -0.2) is 22.9 Å². The van der Waals surface area contributed by atoms with E-state index in [0.717, 1.165) is 18.8 Å². The predicted molar refractivity (Wildman–Crippen MR) is 121 cm³/mol.